The molecule has 0 bridgehead atoms. The number of aliphatic hydroxyl groups excluding tert-OH is 1. The SMILES string of the molecule is CC(O)CCc1cccc2c1CCN(C)C2. The van der Waals surface area contributed by atoms with Crippen LogP contribution in [0.1, 0.15) is 30.0 Å². The molecule has 0 radical (unpaired) electrons. The second-order valence-electron chi connectivity index (χ2n) is 4.93. The molecule has 0 spiro atoms. The van der Waals surface area contributed by atoms with Crippen LogP contribution in [0.3, 0.4) is 0 Å². The molecule has 2 nitrogen and oxygen atoms in total. The predicted molar refractivity (Wildman–Crippen MR) is 66.5 cm³/mol. The molecule has 1 N–H and O–H groups in total. The summed E-state index contributed by atoms with van der Waals surface area (Å²) in [5.74, 6) is 0. The monoisotopic (exact) mass is 219 g/mol. The van der Waals surface area contributed by atoms with Crippen molar-refractivity contribution in [2.45, 2.75) is 38.8 Å². The zero-order valence-corrected chi connectivity index (χ0v) is 10.2. The van der Waals surface area contributed by atoms with Gasteiger partial charge >= 0.3 is 0 Å². The van der Waals surface area contributed by atoms with E-state index in [1.54, 1.807) is 0 Å². The Kier molecular flexibility index (Phi) is 3.62. The van der Waals surface area contributed by atoms with Crippen molar-refractivity contribution in [2.24, 2.45) is 0 Å². The highest BCUT2D eigenvalue weighted by Gasteiger charge is 2.15. The number of benzene rings is 1. The molecule has 1 atom stereocenters. The van der Waals surface area contributed by atoms with Crippen molar-refractivity contribution in [3.8, 4) is 0 Å². The number of fused-ring (bicyclic) bond motifs is 1. The predicted octanol–water partition coefficient (Wildman–Crippen LogP) is 1.99. The smallest absolute Gasteiger partial charge is 0.0515 e. The summed E-state index contributed by atoms with van der Waals surface area (Å²) in [5.41, 5.74) is 4.43. The van der Waals surface area contributed by atoms with Crippen molar-refractivity contribution in [1.82, 2.24) is 4.90 Å². The van der Waals surface area contributed by atoms with Gasteiger partial charge in [-0.1, -0.05) is 18.2 Å². The average Bonchev–Trinajstić information content (AvgIpc) is 2.25. The molecule has 1 aromatic carbocycles. The van der Waals surface area contributed by atoms with Crippen LogP contribution in [0.2, 0.25) is 0 Å². The lowest BCUT2D eigenvalue weighted by Gasteiger charge is -2.27. The van der Waals surface area contributed by atoms with Crippen LogP contribution in [0.5, 0.6) is 0 Å². The summed E-state index contributed by atoms with van der Waals surface area (Å²) in [6, 6.07) is 6.60. The number of likely N-dealkylation sites (N-methyl/N-ethyl adjacent to an activating group) is 1. The maximum Gasteiger partial charge on any atom is 0.0515 e. The van der Waals surface area contributed by atoms with Crippen molar-refractivity contribution in [2.75, 3.05) is 13.6 Å². The van der Waals surface area contributed by atoms with Crippen LogP contribution in [-0.4, -0.2) is 29.7 Å². The van der Waals surface area contributed by atoms with Crippen molar-refractivity contribution in [1.29, 1.82) is 0 Å². The third kappa shape index (κ3) is 2.63. The molecule has 2 rings (SSSR count). The van der Waals surface area contributed by atoms with Crippen LogP contribution in [-0.2, 0) is 19.4 Å². The number of hydrogen-bond donors (Lipinski definition) is 1. The second kappa shape index (κ2) is 4.98. The molecule has 1 aliphatic rings. The van der Waals surface area contributed by atoms with Gasteiger partial charge in [-0.3, -0.25) is 0 Å². The van der Waals surface area contributed by atoms with Crippen LogP contribution >= 0.6 is 0 Å². The molecule has 0 saturated heterocycles. The molecule has 16 heavy (non-hydrogen) atoms. The largest absolute Gasteiger partial charge is 0.393 e. The van der Waals surface area contributed by atoms with Gasteiger partial charge in [0, 0.05) is 13.1 Å². The quantitative estimate of drug-likeness (QED) is 0.840. The zero-order valence-electron chi connectivity index (χ0n) is 10.2. The van der Waals surface area contributed by atoms with E-state index in [4.69, 9.17) is 0 Å². The Balaban J connectivity index is 2.16. The summed E-state index contributed by atoms with van der Waals surface area (Å²) in [5, 5.41) is 9.35. The lowest BCUT2D eigenvalue weighted by Crippen LogP contribution is -2.27. The molecule has 0 saturated carbocycles. The summed E-state index contributed by atoms with van der Waals surface area (Å²) < 4.78 is 0. The summed E-state index contributed by atoms with van der Waals surface area (Å²) in [6.07, 6.45) is 2.83. The van der Waals surface area contributed by atoms with E-state index in [9.17, 15) is 5.11 Å². The zero-order chi connectivity index (χ0) is 11.5. The standard InChI is InChI=1S/C14H21NO/c1-11(16)6-7-12-4-3-5-13-10-15(2)9-8-14(12)13/h3-5,11,16H,6-10H2,1-2H3. The molecule has 0 fully saturated rings. The van der Waals surface area contributed by atoms with Gasteiger partial charge in [0.05, 0.1) is 6.10 Å². The Morgan fingerprint density at radius 1 is 1.44 bits per heavy atom. The molecule has 1 unspecified atom stereocenters. The second-order valence-corrected chi connectivity index (χ2v) is 4.93. The van der Waals surface area contributed by atoms with E-state index in [1.807, 2.05) is 6.92 Å². The third-order valence-corrected chi connectivity index (χ3v) is 3.39. The molecule has 2 heteroatoms. The van der Waals surface area contributed by atoms with Gasteiger partial charge < -0.3 is 10.0 Å². The van der Waals surface area contributed by atoms with Crippen molar-refractivity contribution in [3.63, 3.8) is 0 Å². The van der Waals surface area contributed by atoms with Crippen LogP contribution < -0.4 is 0 Å². The summed E-state index contributed by atoms with van der Waals surface area (Å²) in [7, 11) is 2.17. The highest BCUT2D eigenvalue weighted by Crippen LogP contribution is 2.23. The number of rotatable bonds is 3. The summed E-state index contributed by atoms with van der Waals surface area (Å²) in [6.45, 7) is 4.08. The van der Waals surface area contributed by atoms with Crippen molar-refractivity contribution in [3.05, 3.63) is 34.9 Å². The number of hydrogen-bond acceptors (Lipinski definition) is 2. The van der Waals surface area contributed by atoms with Crippen LogP contribution in [0.15, 0.2) is 18.2 Å². The minimum Gasteiger partial charge on any atom is -0.393 e. The topological polar surface area (TPSA) is 23.5 Å². The summed E-state index contributed by atoms with van der Waals surface area (Å²) in [4.78, 5) is 2.36. The van der Waals surface area contributed by atoms with E-state index in [-0.39, 0.29) is 6.10 Å². The Hall–Kier alpha value is -0.860. The first-order valence-electron chi connectivity index (χ1n) is 6.13. The molecular weight excluding hydrogens is 198 g/mol. The van der Waals surface area contributed by atoms with Gasteiger partial charge in [-0.25, -0.2) is 0 Å². The lowest BCUT2D eigenvalue weighted by atomic mass is 9.92. The van der Waals surface area contributed by atoms with Crippen LogP contribution in [0, 0.1) is 0 Å². The molecule has 1 aromatic rings. The lowest BCUT2D eigenvalue weighted by molar-refractivity contribution is 0.184. The number of aliphatic hydroxyl groups is 1. The normalized spacial score (nSPS) is 18.2. The van der Waals surface area contributed by atoms with Gasteiger partial charge in [0.1, 0.15) is 0 Å². The van der Waals surface area contributed by atoms with Gasteiger partial charge in [0.15, 0.2) is 0 Å². The Morgan fingerprint density at radius 3 is 3.00 bits per heavy atom. The van der Waals surface area contributed by atoms with E-state index >= 15 is 0 Å². The first kappa shape index (κ1) is 11.6. The van der Waals surface area contributed by atoms with E-state index in [0.29, 0.717) is 0 Å². The fourth-order valence-corrected chi connectivity index (χ4v) is 2.43. The first-order chi connectivity index (χ1) is 7.66. The minimum absolute atomic E-state index is 0.192. The highest BCUT2D eigenvalue weighted by molar-refractivity contribution is 5.37. The van der Waals surface area contributed by atoms with E-state index in [0.717, 1.165) is 32.4 Å². The first-order valence-corrected chi connectivity index (χ1v) is 6.13. The number of nitrogens with zero attached hydrogens (tertiary/aromatic N) is 1. The Labute approximate surface area is 97.9 Å². The Morgan fingerprint density at radius 2 is 2.25 bits per heavy atom. The van der Waals surface area contributed by atoms with Crippen molar-refractivity contribution < 1.29 is 5.11 Å². The van der Waals surface area contributed by atoms with Gasteiger partial charge in [-0.2, -0.15) is 0 Å². The molecule has 0 aliphatic carbocycles. The van der Waals surface area contributed by atoms with Crippen LogP contribution in [0.25, 0.3) is 0 Å². The van der Waals surface area contributed by atoms with Gasteiger partial charge in [-0.05, 0) is 49.9 Å². The highest BCUT2D eigenvalue weighted by atomic mass is 16.3. The maximum absolute atomic E-state index is 9.35. The third-order valence-electron chi connectivity index (χ3n) is 3.39. The van der Waals surface area contributed by atoms with E-state index in [2.05, 4.69) is 30.1 Å². The molecule has 1 heterocycles. The van der Waals surface area contributed by atoms with Gasteiger partial charge in [-0.15, -0.1) is 0 Å². The molecule has 1 aliphatic heterocycles. The fraction of sp³-hybridized carbons (Fsp3) is 0.571. The van der Waals surface area contributed by atoms with E-state index in [1.165, 1.54) is 16.7 Å². The van der Waals surface area contributed by atoms with Gasteiger partial charge in [0.25, 0.3) is 0 Å². The van der Waals surface area contributed by atoms with Crippen LogP contribution in [0.4, 0.5) is 0 Å². The minimum atomic E-state index is -0.192. The number of aryl methyl sites for hydroxylation is 1. The average molecular weight is 219 g/mol. The maximum atomic E-state index is 9.35. The molecule has 88 valence electrons. The van der Waals surface area contributed by atoms with E-state index < -0.39 is 0 Å². The Bertz CT molecular complexity index is 360. The van der Waals surface area contributed by atoms with Crippen molar-refractivity contribution >= 4 is 0 Å². The van der Waals surface area contributed by atoms with Gasteiger partial charge in [0.2, 0.25) is 0 Å². The summed E-state index contributed by atoms with van der Waals surface area (Å²) >= 11 is 0. The molecule has 0 amide bonds. The molecular formula is C14H21NO. The molecule has 0 aromatic heterocycles. The fourth-order valence-electron chi connectivity index (χ4n) is 2.43.